The molecule has 1 saturated carbocycles. The number of rotatable bonds is 4. The molecule has 2 aliphatic rings. The predicted octanol–water partition coefficient (Wildman–Crippen LogP) is 4.53. The highest BCUT2D eigenvalue weighted by molar-refractivity contribution is 7.92. The van der Waals surface area contributed by atoms with E-state index >= 15 is 4.39 Å². The Bertz CT molecular complexity index is 1370. The highest BCUT2D eigenvalue weighted by atomic mass is 35.5. The number of benzene rings is 2. The molecule has 1 aliphatic carbocycles. The zero-order valence-corrected chi connectivity index (χ0v) is 20.3. The van der Waals surface area contributed by atoms with Crippen LogP contribution in [0.1, 0.15) is 25.3 Å². The van der Waals surface area contributed by atoms with Crippen LogP contribution in [0.5, 0.6) is 5.75 Å². The molecule has 4 rings (SSSR count). The number of nitrogens with one attached hydrogen (secondary N) is 1. The molecule has 2 aromatic carbocycles. The quantitative estimate of drug-likeness (QED) is 0.556. The Morgan fingerprint density at radius 2 is 1.63 bits per heavy atom. The zero-order valence-electron chi connectivity index (χ0n) is 17.9. The van der Waals surface area contributed by atoms with E-state index in [9.17, 15) is 34.4 Å². The molecule has 35 heavy (non-hydrogen) atoms. The Kier molecular flexibility index (Phi) is 6.39. The minimum absolute atomic E-state index is 0.223. The summed E-state index contributed by atoms with van der Waals surface area (Å²) in [5, 5.41) is 0.223. The summed E-state index contributed by atoms with van der Waals surface area (Å²) in [6, 6.07) is 5.19. The summed E-state index contributed by atoms with van der Waals surface area (Å²) in [6.07, 6.45) is -0.885. The zero-order chi connectivity index (χ0) is 26.0. The fraction of sp³-hybridized carbons (Fsp3) is 0.429. The van der Waals surface area contributed by atoms with Crippen molar-refractivity contribution in [2.45, 2.75) is 41.0 Å². The summed E-state index contributed by atoms with van der Waals surface area (Å²) < 4.78 is 125. The topological polar surface area (TPSA) is 89.5 Å². The van der Waals surface area contributed by atoms with Gasteiger partial charge in [-0.1, -0.05) is 18.5 Å². The van der Waals surface area contributed by atoms with E-state index in [1.165, 1.54) is 31.2 Å². The van der Waals surface area contributed by atoms with Crippen LogP contribution in [0.25, 0.3) is 0 Å². The molecule has 2 aromatic rings. The van der Waals surface area contributed by atoms with Crippen LogP contribution >= 0.6 is 11.6 Å². The minimum Gasteiger partial charge on any atom is -0.490 e. The van der Waals surface area contributed by atoms with Crippen molar-refractivity contribution in [3.63, 3.8) is 0 Å². The van der Waals surface area contributed by atoms with E-state index in [-0.39, 0.29) is 9.92 Å². The van der Waals surface area contributed by atoms with Crippen LogP contribution in [0, 0.1) is 23.5 Å². The van der Waals surface area contributed by atoms with Crippen molar-refractivity contribution in [1.29, 1.82) is 0 Å². The van der Waals surface area contributed by atoms with E-state index < -0.39 is 90.4 Å². The summed E-state index contributed by atoms with van der Waals surface area (Å²) in [6.45, 7) is 0.858. The smallest absolute Gasteiger partial charge is 0.490 e. The SMILES string of the molecule is C[C@@H]1[C@H](NS(=O)(=O)C(F)(F)F)CC[C@@]2(S(=O)(=O)c3ccc(Cl)cc3)c3c(F)ccc(F)c3OC[C@@H]12. The number of fused-ring (bicyclic) bond motifs is 3. The van der Waals surface area contributed by atoms with E-state index in [1.54, 1.807) is 4.72 Å². The molecular formula is C21H19ClF5NO5S2. The van der Waals surface area contributed by atoms with Crippen molar-refractivity contribution in [2.75, 3.05) is 6.61 Å². The summed E-state index contributed by atoms with van der Waals surface area (Å²) in [4.78, 5) is -0.259. The summed E-state index contributed by atoms with van der Waals surface area (Å²) in [7, 11) is -10.3. The Morgan fingerprint density at radius 1 is 1.03 bits per heavy atom. The lowest BCUT2D eigenvalue weighted by Gasteiger charge is -2.52. The van der Waals surface area contributed by atoms with Crippen LogP contribution in [0.3, 0.4) is 0 Å². The second kappa shape index (κ2) is 8.56. The molecule has 6 nitrogen and oxygen atoms in total. The van der Waals surface area contributed by atoms with Crippen LogP contribution in [0.4, 0.5) is 22.0 Å². The van der Waals surface area contributed by atoms with Gasteiger partial charge in [0.25, 0.3) is 0 Å². The molecule has 1 heterocycles. The molecule has 0 unspecified atom stereocenters. The predicted molar refractivity (Wildman–Crippen MR) is 116 cm³/mol. The van der Waals surface area contributed by atoms with Gasteiger partial charge < -0.3 is 4.74 Å². The van der Waals surface area contributed by atoms with Gasteiger partial charge in [-0.05, 0) is 55.2 Å². The molecule has 0 saturated heterocycles. The molecule has 0 bridgehead atoms. The molecular weight excluding hydrogens is 541 g/mol. The number of hydrogen-bond acceptors (Lipinski definition) is 5. The first-order valence-electron chi connectivity index (χ1n) is 10.3. The van der Waals surface area contributed by atoms with Crippen LogP contribution in [-0.4, -0.2) is 35.0 Å². The highest BCUT2D eigenvalue weighted by Crippen LogP contribution is 2.58. The van der Waals surface area contributed by atoms with Gasteiger partial charge in [-0.3, -0.25) is 0 Å². The molecule has 1 N–H and O–H groups in total. The summed E-state index contributed by atoms with van der Waals surface area (Å²) >= 11 is 5.87. The Labute approximate surface area is 203 Å². The number of alkyl halides is 3. The normalized spacial score (nSPS) is 27.0. The second-order valence-corrected chi connectivity index (χ2v) is 12.9. The van der Waals surface area contributed by atoms with Gasteiger partial charge in [-0.2, -0.15) is 13.2 Å². The number of ether oxygens (including phenoxy) is 1. The van der Waals surface area contributed by atoms with Crippen LogP contribution in [0.2, 0.25) is 5.02 Å². The number of halogens is 6. The third kappa shape index (κ3) is 4.00. The van der Waals surface area contributed by atoms with Gasteiger partial charge in [-0.25, -0.2) is 30.3 Å². The molecule has 14 heteroatoms. The standard InChI is InChI=1S/C21H19ClF5NO5S2/c1-11-14-10-33-19-16(24)7-6-15(23)18(19)20(14,34(29,30)13-4-2-12(22)3-5-13)9-8-17(11)28-35(31,32)21(25,26)27/h2-7,11,14,17,28H,8-10H2,1H3/t11-,14-,17+,20-/m0/s1. The first kappa shape index (κ1) is 26.1. The molecule has 0 amide bonds. The first-order chi connectivity index (χ1) is 16.1. The minimum atomic E-state index is -5.74. The number of hydrogen-bond donors (Lipinski definition) is 1. The van der Waals surface area contributed by atoms with E-state index in [2.05, 4.69) is 0 Å². The molecule has 0 radical (unpaired) electrons. The Hall–Kier alpha value is -1.96. The van der Waals surface area contributed by atoms with Crippen LogP contribution in [-0.2, 0) is 24.6 Å². The lowest BCUT2D eigenvalue weighted by atomic mass is 9.66. The van der Waals surface area contributed by atoms with Gasteiger partial charge in [-0.15, -0.1) is 0 Å². The maximum absolute atomic E-state index is 15.2. The molecule has 192 valence electrons. The largest absolute Gasteiger partial charge is 0.511 e. The van der Waals surface area contributed by atoms with Crippen molar-refractivity contribution < 1.29 is 43.5 Å². The first-order valence-corrected chi connectivity index (χ1v) is 13.7. The van der Waals surface area contributed by atoms with Crippen molar-refractivity contribution >= 4 is 31.5 Å². The monoisotopic (exact) mass is 559 g/mol. The average Bonchev–Trinajstić information content (AvgIpc) is 2.77. The summed E-state index contributed by atoms with van der Waals surface area (Å²) in [5.74, 6) is -4.95. The third-order valence-electron chi connectivity index (χ3n) is 6.80. The van der Waals surface area contributed by atoms with E-state index in [4.69, 9.17) is 16.3 Å². The average molecular weight is 560 g/mol. The van der Waals surface area contributed by atoms with Crippen molar-refractivity contribution in [1.82, 2.24) is 4.72 Å². The fourth-order valence-electron chi connectivity index (χ4n) is 5.09. The molecule has 4 atom stereocenters. The molecule has 1 fully saturated rings. The highest BCUT2D eigenvalue weighted by Gasteiger charge is 2.62. The molecule has 0 spiro atoms. The van der Waals surface area contributed by atoms with Gasteiger partial charge in [0.15, 0.2) is 21.4 Å². The third-order valence-corrected chi connectivity index (χ3v) is 10.8. The Morgan fingerprint density at radius 3 is 2.23 bits per heavy atom. The van der Waals surface area contributed by atoms with Crippen molar-refractivity contribution in [2.24, 2.45) is 11.8 Å². The lowest BCUT2D eigenvalue weighted by Crippen LogP contribution is -2.60. The van der Waals surface area contributed by atoms with Gasteiger partial charge in [0.1, 0.15) is 10.6 Å². The van der Waals surface area contributed by atoms with E-state index in [0.29, 0.717) is 0 Å². The molecule has 1 aliphatic heterocycles. The maximum Gasteiger partial charge on any atom is 0.511 e. The van der Waals surface area contributed by atoms with E-state index in [0.717, 1.165) is 12.1 Å². The van der Waals surface area contributed by atoms with Crippen LogP contribution < -0.4 is 9.46 Å². The fourth-order valence-corrected chi connectivity index (χ4v) is 8.52. The van der Waals surface area contributed by atoms with Gasteiger partial charge in [0.2, 0.25) is 0 Å². The van der Waals surface area contributed by atoms with Crippen LogP contribution in [0.15, 0.2) is 41.3 Å². The van der Waals surface area contributed by atoms with Crippen molar-refractivity contribution in [3.8, 4) is 5.75 Å². The Balaban J connectivity index is 1.91. The lowest BCUT2D eigenvalue weighted by molar-refractivity contribution is -0.0458. The van der Waals surface area contributed by atoms with Gasteiger partial charge in [0.05, 0.1) is 17.1 Å². The molecule has 0 aromatic heterocycles. The van der Waals surface area contributed by atoms with Crippen molar-refractivity contribution in [3.05, 3.63) is 58.6 Å². The number of sulfonamides is 1. The van der Waals surface area contributed by atoms with E-state index in [1.807, 2.05) is 0 Å². The van der Waals surface area contributed by atoms with Gasteiger partial charge in [0, 0.05) is 17.0 Å². The number of sulfone groups is 1. The maximum atomic E-state index is 15.2. The second-order valence-electron chi connectivity index (χ2n) is 8.57. The van der Waals surface area contributed by atoms with Gasteiger partial charge >= 0.3 is 15.5 Å². The summed E-state index contributed by atoms with van der Waals surface area (Å²) in [5.41, 5.74) is -6.14.